The van der Waals surface area contributed by atoms with Gasteiger partial charge in [0.2, 0.25) is 5.91 Å². The molecule has 3 aromatic carbocycles. The molecule has 1 heterocycles. The molecular weight excluding hydrogens is 516 g/mol. The number of carbonyl (C=O) groups is 2. The molecule has 3 N–H and O–H groups in total. The van der Waals surface area contributed by atoms with Crippen LogP contribution in [0.1, 0.15) is 11.1 Å². The summed E-state index contributed by atoms with van der Waals surface area (Å²) in [7, 11) is 1.58. The highest BCUT2D eigenvalue weighted by Crippen LogP contribution is 2.24. The fourth-order valence-corrected chi connectivity index (χ4v) is 4.83. The number of aromatic nitrogens is 1. The summed E-state index contributed by atoms with van der Waals surface area (Å²) in [6.45, 7) is 0.613. The van der Waals surface area contributed by atoms with Crippen LogP contribution in [0, 0.1) is 11.6 Å². The molecule has 192 valence electrons. The molecule has 0 saturated heterocycles. The van der Waals surface area contributed by atoms with Gasteiger partial charge in [-0.2, -0.15) is 0 Å². The highest BCUT2D eigenvalue weighted by molar-refractivity contribution is 7.96. The lowest BCUT2D eigenvalue weighted by atomic mass is 10.0. The molecule has 3 amide bonds. The number of amides is 3. The Morgan fingerprint density at radius 3 is 2.54 bits per heavy atom. The summed E-state index contributed by atoms with van der Waals surface area (Å²) in [6, 6.07) is 16.7. The van der Waals surface area contributed by atoms with E-state index in [1.165, 1.54) is 16.2 Å². The summed E-state index contributed by atoms with van der Waals surface area (Å²) in [6.07, 6.45) is 0.674. The number of carbonyl (C=O) groups excluding carboxylic acids is 2. The topological polar surface area (TPSA) is 86.4 Å². The molecule has 7 nitrogen and oxygen atoms in total. The van der Waals surface area contributed by atoms with Crippen LogP contribution in [0.15, 0.2) is 72.2 Å². The van der Waals surface area contributed by atoms with Crippen molar-refractivity contribution in [3.05, 3.63) is 95.0 Å². The van der Waals surface area contributed by atoms with Crippen molar-refractivity contribution in [1.82, 2.24) is 19.7 Å². The summed E-state index contributed by atoms with van der Waals surface area (Å²) >= 11 is 2.47. The Balaban J connectivity index is 1.40. The fourth-order valence-electron chi connectivity index (χ4n) is 3.74. The maximum absolute atomic E-state index is 13.8. The normalized spacial score (nSPS) is 11.8. The number of anilines is 1. The van der Waals surface area contributed by atoms with Crippen LogP contribution >= 0.6 is 23.5 Å². The largest absolute Gasteiger partial charge is 0.326 e. The van der Waals surface area contributed by atoms with Gasteiger partial charge in [-0.15, -0.1) is 11.3 Å². The zero-order chi connectivity index (χ0) is 26.2. The van der Waals surface area contributed by atoms with E-state index < -0.39 is 29.6 Å². The first kappa shape index (κ1) is 26.5. The number of halogens is 2. The fraction of sp³-hybridized carbons (Fsp3) is 0.192. The van der Waals surface area contributed by atoms with E-state index >= 15 is 0 Å². The number of nitrogens with zero attached hydrogens (tertiary/aromatic N) is 2. The summed E-state index contributed by atoms with van der Waals surface area (Å²) in [5.41, 5.74) is 4.45. The Morgan fingerprint density at radius 1 is 1.03 bits per heavy atom. The SMILES string of the molecule is CN(C(=O)C(Cc1cc(F)cc(F)c1)NC(=O)NSNCCc1ccccc1)c1ccc2scnc2c1. The maximum atomic E-state index is 13.8. The standard InChI is InChI=1S/C26H25F2N5O2S2/c1-33(21-7-8-24-22(15-21)29-16-36-24)25(34)23(13-18-11-19(27)14-20(28)12-18)31-26(35)32-37-30-10-9-17-5-3-2-4-6-17/h2-8,11-12,14-16,23,30H,9-10,13H2,1H3,(H2,31,32,35). The van der Waals surface area contributed by atoms with Gasteiger partial charge in [-0.25, -0.2) is 23.3 Å². The third-order valence-corrected chi connectivity index (χ3v) is 7.02. The van der Waals surface area contributed by atoms with E-state index in [1.807, 2.05) is 36.4 Å². The van der Waals surface area contributed by atoms with Gasteiger partial charge in [0.25, 0.3) is 0 Å². The van der Waals surface area contributed by atoms with Crippen molar-refractivity contribution in [1.29, 1.82) is 0 Å². The summed E-state index contributed by atoms with van der Waals surface area (Å²) in [5, 5.41) is 2.64. The Bertz CT molecular complexity index is 1350. The Kier molecular flexibility index (Phi) is 9.04. The van der Waals surface area contributed by atoms with E-state index in [1.54, 1.807) is 24.7 Å². The van der Waals surface area contributed by atoms with Crippen LogP contribution in [0.25, 0.3) is 10.2 Å². The summed E-state index contributed by atoms with van der Waals surface area (Å²) in [5.74, 6) is -1.96. The average Bonchev–Trinajstić information content (AvgIpc) is 3.35. The van der Waals surface area contributed by atoms with Crippen molar-refractivity contribution in [2.45, 2.75) is 18.9 Å². The maximum Gasteiger partial charge on any atom is 0.326 e. The van der Waals surface area contributed by atoms with Gasteiger partial charge in [0, 0.05) is 43.9 Å². The minimum atomic E-state index is -1.08. The van der Waals surface area contributed by atoms with Crippen molar-refractivity contribution in [2.24, 2.45) is 0 Å². The van der Waals surface area contributed by atoms with E-state index in [0.717, 1.165) is 52.5 Å². The first-order chi connectivity index (χ1) is 17.9. The number of hydrogen-bond donors (Lipinski definition) is 3. The van der Waals surface area contributed by atoms with Crippen LogP contribution in [0.5, 0.6) is 0 Å². The Hall–Kier alpha value is -3.54. The van der Waals surface area contributed by atoms with E-state index in [-0.39, 0.29) is 12.0 Å². The van der Waals surface area contributed by atoms with Crippen LogP contribution in [-0.4, -0.2) is 36.6 Å². The summed E-state index contributed by atoms with van der Waals surface area (Å²) in [4.78, 5) is 31.7. The van der Waals surface area contributed by atoms with Crippen molar-refractivity contribution >= 4 is 51.3 Å². The predicted octanol–water partition coefficient (Wildman–Crippen LogP) is 4.84. The van der Waals surface area contributed by atoms with Crippen LogP contribution in [0.4, 0.5) is 19.3 Å². The molecule has 1 aromatic heterocycles. The zero-order valence-electron chi connectivity index (χ0n) is 19.9. The number of fused-ring (bicyclic) bond motifs is 1. The molecular formula is C26H25F2N5O2S2. The molecule has 4 rings (SSSR count). The number of hydrogen-bond acceptors (Lipinski definition) is 6. The molecule has 0 aliphatic carbocycles. The highest BCUT2D eigenvalue weighted by Gasteiger charge is 2.26. The van der Waals surface area contributed by atoms with E-state index in [0.29, 0.717) is 12.2 Å². The van der Waals surface area contributed by atoms with E-state index in [9.17, 15) is 18.4 Å². The monoisotopic (exact) mass is 541 g/mol. The molecule has 37 heavy (non-hydrogen) atoms. The van der Waals surface area contributed by atoms with Gasteiger partial charge in [0.15, 0.2) is 0 Å². The number of urea groups is 1. The second kappa shape index (κ2) is 12.6. The number of likely N-dealkylation sites (N-methyl/N-ethyl adjacent to an activating group) is 1. The second-order valence-corrected chi connectivity index (χ2v) is 9.83. The van der Waals surface area contributed by atoms with Gasteiger partial charge in [-0.1, -0.05) is 30.3 Å². The smallest absolute Gasteiger partial charge is 0.325 e. The molecule has 0 aliphatic heterocycles. The van der Waals surface area contributed by atoms with Crippen molar-refractivity contribution in [3.8, 4) is 0 Å². The predicted molar refractivity (Wildman–Crippen MR) is 144 cm³/mol. The van der Waals surface area contributed by atoms with Crippen LogP contribution in [0.3, 0.4) is 0 Å². The average molecular weight is 542 g/mol. The minimum Gasteiger partial charge on any atom is -0.325 e. The molecule has 0 bridgehead atoms. The van der Waals surface area contributed by atoms with Crippen molar-refractivity contribution in [2.75, 3.05) is 18.5 Å². The molecule has 4 aromatic rings. The number of nitrogens with one attached hydrogen (secondary N) is 3. The number of benzene rings is 3. The van der Waals surface area contributed by atoms with Gasteiger partial charge < -0.3 is 10.2 Å². The number of rotatable bonds is 10. The van der Waals surface area contributed by atoms with E-state index in [4.69, 9.17) is 0 Å². The molecule has 0 fully saturated rings. The van der Waals surface area contributed by atoms with Gasteiger partial charge in [-0.3, -0.25) is 9.52 Å². The van der Waals surface area contributed by atoms with Gasteiger partial charge in [0.1, 0.15) is 17.7 Å². The molecule has 0 saturated carbocycles. The van der Waals surface area contributed by atoms with Crippen LogP contribution < -0.4 is 19.7 Å². The molecule has 0 spiro atoms. The lowest BCUT2D eigenvalue weighted by Gasteiger charge is -2.25. The molecule has 11 heteroatoms. The van der Waals surface area contributed by atoms with Crippen molar-refractivity contribution in [3.63, 3.8) is 0 Å². The summed E-state index contributed by atoms with van der Waals surface area (Å²) < 4.78 is 34.2. The first-order valence-corrected chi connectivity index (χ1v) is 13.1. The number of thiazole rings is 1. The van der Waals surface area contributed by atoms with Gasteiger partial charge >= 0.3 is 6.03 Å². The lowest BCUT2D eigenvalue weighted by Crippen LogP contribution is -2.51. The van der Waals surface area contributed by atoms with Crippen molar-refractivity contribution < 1.29 is 18.4 Å². The third kappa shape index (κ3) is 7.48. The van der Waals surface area contributed by atoms with Gasteiger partial charge in [-0.05, 0) is 47.9 Å². The van der Waals surface area contributed by atoms with Gasteiger partial charge in [0.05, 0.1) is 15.7 Å². The molecule has 1 atom stereocenters. The molecule has 0 aliphatic rings. The Morgan fingerprint density at radius 2 is 1.78 bits per heavy atom. The lowest BCUT2D eigenvalue weighted by molar-refractivity contribution is -0.120. The minimum absolute atomic E-state index is 0.101. The Labute approximate surface area is 221 Å². The van der Waals surface area contributed by atoms with Crippen LogP contribution in [-0.2, 0) is 17.6 Å². The molecule has 1 unspecified atom stereocenters. The van der Waals surface area contributed by atoms with Crippen LogP contribution in [0.2, 0.25) is 0 Å². The molecule has 0 radical (unpaired) electrons. The zero-order valence-corrected chi connectivity index (χ0v) is 21.5. The first-order valence-electron chi connectivity index (χ1n) is 11.4. The third-order valence-electron chi connectivity index (χ3n) is 5.57. The van der Waals surface area contributed by atoms with E-state index in [2.05, 4.69) is 19.7 Å². The highest BCUT2D eigenvalue weighted by atomic mass is 32.2. The quantitative estimate of drug-likeness (QED) is 0.198. The second-order valence-electron chi connectivity index (χ2n) is 8.24.